The van der Waals surface area contributed by atoms with Crippen LogP contribution in [0.25, 0.3) is 0 Å². The second-order valence-electron chi connectivity index (χ2n) is 5.11. The Labute approximate surface area is 125 Å². The topological polar surface area (TPSA) is 0 Å². The molecule has 0 bridgehead atoms. The van der Waals surface area contributed by atoms with Crippen LogP contribution in [0.5, 0.6) is 0 Å². The first-order chi connectivity index (χ1) is 8.16. The molecule has 17 heavy (non-hydrogen) atoms. The standard InChI is InChI=1S/C14H20Br2S/c1-10-12(15)9-14(17-10)13(16)8-11-6-4-2-3-5-7-11/h9,11,13H,2-8H2,1H3. The van der Waals surface area contributed by atoms with Crippen LogP contribution < -0.4 is 0 Å². The second-order valence-corrected chi connectivity index (χ2v) is 8.36. The number of hydrogen-bond donors (Lipinski definition) is 0. The highest BCUT2D eigenvalue weighted by molar-refractivity contribution is 9.10. The average Bonchev–Trinajstić information content (AvgIpc) is 2.54. The van der Waals surface area contributed by atoms with Crippen molar-refractivity contribution in [2.24, 2.45) is 5.92 Å². The van der Waals surface area contributed by atoms with E-state index in [1.165, 1.54) is 59.2 Å². The third-order valence-electron chi connectivity index (χ3n) is 3.70. The molecule has 1 heterocycles. The van der Waals surface area contributed by atoms with Gasteiger partial charge in [-0.1, -0.05) is 54.5 Å². The SMILES string of the molecule is Cc1sc(C(Br)CC2CCCCCC2)cc1Br. The first-order valence-corrected chi connectivity index (χ1v) is 9.09. The molecule has 0 amide bonds. The fourth-order valence-corrected chi connectivity index (χ4v) is 5.14. The molecule has 2 rings (SSSR count). The summed E-state index contributed by atoms with van der Waals surface area (Å²) in [4.78, 5) is 3.43. The molecular formula is C14H20Br2S. The summed E-state index contributed by atoms with van der Waals surface area (Å²) in [6, 6.07) is 2.29. The smallest absolute Gasteiger partial charge is 0.0492 e. The molecule has 0 spiro atoms. The zero-order valence-corrected chi connectivity index (χ0v) is 14.3. The van der Waals surface area contributed by atoms with Crippen LogP contribution in [0.2, 0.25) is 0 Å². The van der Waals surface area contributed by atoms with Crippen LogP contribution in [0, 0.1) is 12.8 Å². The molecule has 0 saturated heterocycles. The van der Waals surface area contributed by atoms with Crippen LogP contribution >= 0.6 is 43.2 Å². The predicted molar refractivity (Wildman–Crippen MR) is 84.2 cm³/mol. The highest BCUT2D eigenvalue weighted by atomic mass is 79.9. The lowest BCUT2D eigenvalue weighted by molar-refractivity contribution is 0.428. The quantitative estimate of drug-likeness (QED) is 0.409. The molecule has 0 nitrogen and oxygen atoms in total. The minimum Gasteiger partial charge on any atom is -0.143 e. The summed E-state index contributed by atoms with van der Waals surface area (Å²) >= 11 is 9.42. The van der Waals surface area contributed by atoms with Gasteiger partial charge >= 0.3 is 0 Å². The van der Waals surface area contributed by atoms with E-state index in [2.05, 4.69) is 44.8 Å². The van der Waals surface area contributed by atoms with E-state index in [9.17, 15) is 0 Å². The molecule has 1 aromatic heterocycles. The molecular weight excluding hydrogens is 360 g/mol. The Kier molecular flexibility index (Phi) is 5.56. The third kappa shape index (κ3) is 4.07. The van der Waals surface area contributed by atoms with E-state index in [4.69, 9.17) is 0 Å². The zero-order chi connectivity index (χ0) is 12.3. The Morgan fingerprint density at radius 2 is 1.94 bits per heavy atom. The molecule has 1 aliphatic carbocycles. The molecule has 1 atom stereocenters. The van der Waals surface area contributed by atoms with Gasteiger partial charge in [-0.2, -0.15) is 0 Å². The maximum Gasteiger partial charge on any atom is 0.0492 e. The molecule has 1 fully saturated rings. The Morgan fingerprint density at radius 1 is 1.29 bits per heavy atom. The summed E-state index contributed by atoms with van der Waals surface area (Å²) in [5, 5.41) is 0. The lowest BCUT2D eigenvalue weighted by Crippen LogP contribution is -2.02. The number of alkyl halides is 1. The van der Waals surface area contributed by atoms with Gasteiger partial charge in [-0.3, -0.25) is 0 Å². The molecule has 1 aliphatic rings. The van der Waals surface area contributed by atoms with Gasteiger partial charge in [0.05, 0.1) is 0 Å². The van der Waals surface area contributed by atoms with E-state index in [1.54, 1.807) is 0 Å². The maximum absolute atomic E-state index is 3.88. The first-order valence-electron chi connectivity index (χ1n) is 6.56. The first kappa shape index (κ1) is 14.1. The van der Waals surface area contributed by atoms with Crippen LogP contribution in [0.3, 0.4) is 0 Å². The average molecular weight is 380 g/mol. The number of thiophene rings is 1. The monoisotopic (exact) mass is 378 g/mol. The van der Waals surface area contributed by atoms with Crippen LogP contribution in [0.4, 0.5) is 0 Å². The summed E-state index contributed by atoms with van der Waals surface area (Å²) in [6.07, 6.45) is 9.98. The number of hydrogen-bond acceptors (Lipinski definition) is 1. The third-order valence-corrected chi connectivity index (χ3v) is 7.12. The summed E-state index contributed by atoms with van der Waals surface area (Å²) in [5.41, 5.74) is 0. The highest BCUT2D eigenvalue weighted by Gasteiger charge is 2.19. The van der Waals surface area contributed by atoms with Crippen LogP contribution in [0.15, 0.2) is 10.5 Å². The van der Waals surface area contributed by atoms with Crippen molar-refractivity contribution in [3.63, 3.8) is 0 Å². The lowest BCUT2D eigenvalue weighted by Gasteiger charge is -2.17. The zero-order valence-electron chi connectivity index (χ0n) is 10.3. The van der Waals surface area contributed by atoms with Gasteiger partial charge in [0.25, 0.3) is 0 Å². The molecule has 3 heteroatoms. The van der Waals surface area contributed by atoms with Crippen LogP contribution in [-0.4, -0.2) is 0 Å². The van der Waals surface area contributed by atoms with Gasteiger partial charge in [-0.15, -0.1) is 11.3 Å². The molecule has 0 aromatic carbocycles. The fraction of sp³-hybridized carbons (Fsp3) is 0.714. The molecule has 96 valence electrons. The van der Waals surface area contributed by atoms with Gasteiger partial charge in [0.15, 0.2) is 0 Å². The van der Waals surface area contributed by atoms with Gasteiger partial charge in [0.1, 0.15) is 0 Å². The Morgan fingerprint density at radius 3 is 2.47 bits per heavy atom. The van der Waals surface area contributed by atoms with Crippen molar-refractivity contribution in [3.05, 3.63) is 20.3 Å². The van der Waals surface area contributed by atoms with Gasteiger partial charge < -0.3 is 0 Å². The van der Waals surface area contributed by atoms with E-state index in [1.807, 2.05) is 11.3 Å². The lowest BCUT2D eigenvalue weighted by atomic mass is 9.94. The summed E-state index contributed by atoms with van der Waals surface area (Å²) < 4.78 is 1.27. The van der Waals surface area contributed by atoms with Crippen molar-refractivity contribution in [2.75, 3.05) is 0 Å². The van der Waals surface area contributed by atoms with Gasteiger partial charge in [0, 0.05) is 19.1 Å². The molecule has 1 unspecified atom stereocenters. The Balaban J connectivity index is 1.93. The van der Waals surface area contributed by atoms with E-state index in [0.717, 1.165) is 5.92 Å². The van der Waals surface area contributed by atoms with Crippen molar-refractivity contribution in [1.29, 1.82) is 0 Å². The van der Waals surface area contributed by atoms with Crippen LogP contribution in [0.1, 0.15) is 59.5 Å². The summed E-state index contributed by atoms with van der Waals surface area (Å²) in [7, 11) is 0. The number of aryl methyl sites for hydroxylation is 1. The number of rotatable bonds is 3. The Bertz CT molecular complexity index is 332. The van der Waals surface area contributed by atoms with E-state index in [0.29, 0.717) is 4.83 Å². The highest BCUT2D eigenvalue weighted by Crippen LogP contribution is 2.40. The molecule has 0 radical (unpaired) electrons. The van der Waals surface area contributed by atoms with Gasteiger partial charge in [-0.25, -0.2) is 0 Å². The molecule has 1 aromatic rings. The van der Waals surface area contributed by atoms with Crippen molar-refractivity contribution < 1.29 is 0 Å². The van der Waals surface area contributed by atoms with E-state index >= 15 is 0 Å². The summed E-state index contributed by atoms with van der Waals surface area (Å²) in [5.74, 6) is 0.933. The van der Waals surface area contributed by atoms with Crippen LogP contribution in [-0.2, 0) is 0 Å². The van der Waals surface area contributed by atoms with E-state index in [-0.39, 0.29) is 0 Å². The van der Waals surface area contributed by atoms with Gasteiger partial charge in [0.2, 0.25) is 0 Å². The molecule has 0 aliphatic heterocycles. The van der Waals surface area contributed by atoms with Crippen molar-refractivity contribution >= 4 is 43.2 Å². The van der Waals surface area contributed by atoms with E-state index < -0.39 is 0 Å². The van der Waals surface area contributed by atoms with Gasteiger partial charge in [-0.05, 0) is 41.3 Å². The second kappa shape index (κ2) is 6.72. The molecule has 1 saturated carbocycles. The summed E-state index contributed by atoms with van der Waals surface area (Å²) in [6.45, 7) is 2.18. The minimum absolute atomic E-state index is 0.556. The van der Waals surface area contributed by atoms with Crippen molar-refractivity contribution in [2.45, 2.75) is 56.7 Å². The Hall–Kier alpha value is 0.660. The minimum atomic E-state index is 0.556. The molecule has 0 N–H and O–H groups in total. The normalized spacial score (nSPS) is 20.2. The fourth-order valence-electron chi connectivity index (χ4n) is 2.64. The van der Waals surface area contributed by atoms with Crippen molar-refractivity contribution in [3.8, 4) is 0 Å². The maximum atomic E-state index is 3.88. The number of halogens is 2. The van der Waals surface area contributed by atoms with Crippen molar-refractivity contribution in [1.82, 2.24) is 0 Å². The predicted octanol–water partition coefficient (Wildman–Crippen LogP) is 6.62. The largest absolute Gasteiger partial charge is 0.143 e.